The zero-order valence-electron chi connectivity index (χ0n) is 17.2. The Morgan fingerprint density at radius 2 is 1.63 bits per heavy atom. The Kier molecular flexibility index (Phi) is 6.00. The second-order valence-electron chi connectivity index (χ2n) is 7.22. The molecule has 0 saturated carbocycles. The van der Waals surface area contributed by atoms with Crippen LogP contribution in [-0.2, 0) is 19.6 Å². The van der Waals surface area contributed by atoms with Crippen molar-refractivity contribution in [3.05, 3.63) is 95.4 Å². The molecule has 154 valence electrons. The molecule has 1 aromatic heterocycles. The lowest BCUT2D eigenvalue weighted by Crippen LogP contribution is -2.12. The van der Waals surface area contributed by atoms with Gasteiger partial charge in [-0.1, -0.05) is 42.5 Å². The van der Waals surface area contributed by atoms with E-state index in [0.29, 0.717) is 13.1 Å². The normalized spacial score (nSPS) is 11.0. The number of ether oxygens (including phenoxy) is 2. The van der Waals surface area contributed by atoms with Crippen LogP contribution >= 0.6 is 0 Å². The first kappa shape index (κ1) is 20.0. The van der Waals surface area contributed by atoms with Gasteiger partial charge in [0.05, 0.1) is 19.7 Å². The number of hydrogen-bond donors (Lipinski definition) is 1. The van der Waals surface area contributed by atoms with E-state index in [1.54, 1.807) is 19.2 Å². The smallest absolute Gasteiger partial charge is 0.167 e. The van der Waals surface area contributed by atoms with Crippen LogP contribution in [0.15, 0.2) is 72.9 Å². The van der Waals surface area contributed by atoms with E-state index >= 15 is 0 Å². The third-order valence-corrected chi connectivity index (χ3v) is 5.24. The molecule has 4 rings (SSSR count). The lowest BCUT2D eigenvalue weighted by Gasteiger charge is -2.07. The van der Waals surface area contributed by atoms with Crippen molar-refractivity contribution in [3.8, 4) is 11.5 Å². The average Bonchev–Trinajstić information content (AvgIpc) is 3.10. The van der Waals surface area contributed by atoms with E-state index in [-0.39, 0.29) is 11.6 Å². The van der Waals surface area contributed by atoms with Gasteiger partial charge in [0.25, 0.3) is 0 Å². The van der Waals surface area contributed by atoms with Crippen LogP contribution < -0.4 is 14.8 Å². The van der Waals surface area contributed by atoms with Gasteiger partial charge in [0.15, 0.2) is 11.6 Å². The van der Waals surface area contributed by atoms with Crippen molar-refractivity contribution in [2.24, 2.45) is 0 Å². The van der Waals surface area contributed by atoms with E-state index < -0.39 is 0 Å². The van der Waals surface area contributed by atoms with E-state index in [4.69, 9.17) is 9.47 Å². The highest BCUT2D eigenvalue weighted by Gasteiger charge is 2.14. The van der Waals surface area contributed by atoms with Gasteiger partial charge in [0.2, 0.25) is 0 Å². The number of methoxy groups -OCH3 is 2. The summed E-state index contributed by atoms with van der Waals surface area (Å²) < 4.78 is 26.9. The fourth-order valence-corrected chi connectivity index (χ4v) is 3.66. The lowest BCUT2D eigenvalue weighted by atomic mass is 10.1. The summed E-state index contributed by atoms with van der Waals surface area (Å²) in [6, 6.07) is 21.5. The first-order valence-electron chi connectivity index (χ1n) is 9.90. The molecule has 0 aliphatic carbocycles. The second-order valence-corrected chi connectivity index (χ2v) is 7.22. The number of nitrogens with one attached hydrogen (secondary N) is 1. The zero-order valence-corrected chi connectivity index (χ0v) is 17.2. The molecule has 0 spiro atoms. The maximum atomic E-state index is 14.4. The van der Waals surface area contributed by atoms with Gasteiger partial charge in [-0.05, 0) is 34.9 Å². The van der Waals surface area contributed by atoms with Gasteiger partial charge in [-0.25, -0.2) is 4.39 Å². The molecule has 1 N–H and O–H groups in total. The topological polar surface area (TPSA) is 35.4 Å². The monoisotopic (exact) mass is 404 g/mol. The minimum Gasteiger partial charge on any atom is -0.497 e. The van der Waals surface area contributed by atoms with E-state index in [1.807, 2.05) is 42.5 Å². The van der Waals surface area contributed by atoms with E-state index in [1.165, 1.54) is 18.2 Å². The Balaban J connectivity index is 1.59. The van der Waals surface area contributed by atoms with Crippen molar-refractivity contribution in [2.75, 3.05) is 14.2 Å². The molecule has 4 aromatic rings. The van der Waals surface area contributed by atoms with Crippen molar-refractivity contribution in [2.45, 2.75) is 19.6 Å². The Labute approximate surface area is 175 Å². The molecule has 3 aromatic carbocycles. The fraction of sp³-hybridized carbons (Fsp3) is 0.200. The van der Waals surface area contributed by atoms with E-state index in [0.717, 1.165) is 28.8 Å². The standard InChI is InChI=1S/C25H25FN2O2/c1-29-21-10-8-18(9-11-21)14-27-15-20-17-28(16-19-6-4-3-5-7-19)24-13-23(26)25(30-2)12-22(20)24/h3-13,17,27H,14-16H2,1-2H3. The molecule has 0 unspecified atom stereocenters. The highest BCUT2D eigenvalue weighted by Crippen LogP contribution is 2.29. The quantitative estimate of drug-likeness (QED) is 0.442. The molecule has 0 saturated heterocycles. The summed E-state index contributed by atoms with van der Waals surface area (Å²) in [5.74, 6) is 0.753. The maximum Gasteiger partial charge on any atom is 0.167 e. The lowest BCUT2D eigenvalue weighted by molar-refractivity contribution is 0.387. The molecule has 0 bridgehead atoms. The zero-order chi connectivity index (χ0) is 20.9. The number of nitrogens with zero attached hydrogens (tertiary/aromatic N) is 1. The molecule has 0 amide bonds. The SMILES string of the molecule is COc1ccc(CNCc2cn(Cc3ccccc3)c3cc(F)c(OC)cc23)cc1. The Morgan fingerprint density at radius 1 is 0.867 bits per heavy atom. The Morgan fingerprint density at radius 3 is 2.33 bits per heavy atom. The molecule has 0 aliphatic heterocycles. The number of hydrogen-bond acceptors (Lipinski definition) is 3. The summed E-state index contributed by atoms with van der Waals surface area (Å²) in [5, 5.41) is 4.48. The second kappa shape index (κ2) is 9.01. The highest BCUT2D eigenvalue weighted by molar-refractivity contribution is 5.85. The molecule has 4 nitrogen and oxygen atoms in total. The molecule has 0 aliphatic rings. The third kappa shape index (κ3) is 4.31. The summed E-state index contributed by atoms with van der Waals surface area (Å²) >= 11 is 0. The van der Waals surface area contributed by atoms with Crippen molar-refractivity contribution < 1.29 is 13.9 Å². The molecule has 30 heavy (non-hydrogen) atoms. The average molecular weight is 404 g/mol. The summed E-state index contributed by atoms with van der Waals surface area (Å²) in [4.78, 5) is 0. The molecular weight excluding hydrogens is 379 g/mol. The largest absolute Gasteiger partial charge is 0.497 e. The summed E-state index contributed by atoms with van der Waals surface area (Å²) in [7, 11) is 3.16. The highest BCUT2D eigenvalue weighted by atomic mass is 19.1. The molecule has 1 heterocycles. The van der Waals surface area contributed by atoms with Crippen molar-refractivity contribution in [1.29, 1.82) is 0 Å². The molecule has 0 radical (unpaired) electrons. The van der Waals surface area contributed by atoms with Crippen molar-refractivity contribution >= 4 is 10.9 Å². The summed E-state index contributed by atoms with van der Waals surface area (Å²) in [6.45, 7) is 2.08. The Hall–Kier alpha value is -3.31. The first-order chi connectivity index (χ1) is 14.7. The predicted octanol–water partition coefficient (Wildman–Crippen LogP) is 5.14. The molecular formula is C25H25FN2O2. The van der Waals surface area contributed by atoms with E-state index in [9.17, 15) is 4.39 Å². The first-order valence-corrected chi connectivity index (χ1v) is 9.90. The summed E-state index contributed by atoms with van der Waals surface area (Å²) in [6.07, 6.45) is 2.09. The minimum atomic E-state index is -0.352. The van der Waals surface area contributed by atoms with E-state index in [2.05, 4.69) is 28.2 Å². The van der Waals surface area contributed by atoms with Crippen LogP contribution in [0.2, 0.25) is 0 Å². The number of halogens is 1. The predicted molar refractivity (Wildman–Crippen MR) is 118 cm³/mol. The van der Waals surface area contributed by atoms with Gasteiger partial charge >= 0.3 is 0 Å². The maximum absolute atomic E-state index is 14.4. The van der Waals surface area contributed by atoms with Gasteiger partial charge in [0.1, 0.15) is 5.75 Å². The van der Waals surface area contributed by atoms with Crippen LogP contribution in [0, 0.1) is 5.82 Å². The van der Waals surface area contributed by atoms with Gasteiger partial charge in [0, 0.05) is 37.3 Å². The van der Waals surface area contributed by atoms with Gasteiger partial charge in [-0.2, -0.15) is 0 Å². The molecule has 5 heteroatoms. The van der Waals surface area contributed by atoms with Crippen molar-refractivity contribution in [3.63, 3.8) is 0 Å². The molecule has 0 fully saturated rings. The number of aromatic nitrogens is 1. The number of benzene rings is 3. The van der Waals surface area contributed by atoms with Gasteiger partial charge in [-0.15, -0.1) is 0 Å². The number of rotatable bonds is 8. The van der Waals surface area contributed by atoms with Crippen LogP contribution in [-0.4, -0.2) is 18.8 Å². The van der Waals surface area contributed by atoms with Crippen LogP contribution in [0.3, 0.4) is 0 Å². The number of fused-ring (bicyclic) bond motifs is 1. The minimum absolute atomic E-state index is 0.261. The molecule has 0 atom stereocenters. The van der Waals surface area contributed by atoms with Crippen LogP contribution in [0.4, 0.5) is 4.39 Å². The van der Waals surface area contributed by atoms with Gasteiger partial charge in [-0.3, -0.25) is 0 Å². The fourth-order valence-electron chi connectivity index (χ4n) is 3.66. The van der Waals surface area contributed by atoms with Crippen LogP contribution in [0.5, 0.6) is 11.5 Å². The van der Waals surface area contributed by atoms with Crippen LogP contribution in [0.1, 0.15) is 16.7 Å². The van der Waals surface area contributed by atoms with Gasteiger partial charge < -0.3 is 19.4 Å². The van der Waals surface area contributed by atoms with Crippen LogP contribution in [0.25, 0.3) is 10.9 Å². The summed E-state index contributed by atoms with van der Waals surface area (Å²) in [5.41, 5.74) is 4.31. The van der Waals surface area contributed by atoms with Crippen molar-refractivity contribution in [1.82, 2.24) is 9.88 Å². The third-order valence-electron chi connectivity index (χ3n) is 5.24. The Bertz CT molecular complexity index is 1120.